The molecule has 0 bridgehead atoms. The van der Waals surface area contributed by atoms with E-state index in [1.807, 2.05) is 0 Å². The Hall–Kier alpha value is -1.43. The van der Waals surface area contributed by atoms with E-state index in [1.165, 1.54) is 0 Å². The zero-order valence-corrected chi connectivity index (χ0v) is 13.7. The second kappa shape index (κ2) is 7.43. The molecular formula is C16H9Cl2F3OS. The monoisotopic (exact) mass is 376 g/mol. The molecule has 2 aromatic rings. The van der Waals surface area contributed by atoms with Gasteiger partial charge in [0.1, 0.15) is 0 Å². The quantitative estimate of drug-likeness (QED) is 0.466. The Balaban J connectivity index is 2.65. The SMILES string of the molecule is O=CC(SC(F)(F)F)=C(c1ccc(Cl)cc1)c1ccc(Cl)cc1. The maximum absolute atomic E-state index is 12.7. The van der Waals surface area contributed by atoms with Crippen molar-refractivity contribution in [3.63, 3.8) is 0 Å². The van der Waals surface area contributed by atoms with Crippen LogP contribution < -0.4 is 0 Å². The Morgan fingerprint density at radius 2 is 1.26 bits per heavy atom. The molecule has 2 aromatic carbocycles. The van der Waals surface area contributed by atoms with E-state index in [9.17, 15) is 18.0 Å². The molecule has 0 aliphatic carbocycles. The maximum Gasteiger partial charge on any atom is 0.446 e. The molecule has 2 rings (SSSR count). The number of benzene rings is 2. The molecule has 0 aliphatic heterocycles. The largest absolute Gasteiger partial charge is 0.446 e. The van der Waals surface area contributed by atoms with Crippen molar-refractivity contribution >= 4 is 46.8 Å². The van der Waals surface area contributed by atoms with Crippen LogP contribution >= 0.6 is 35.0 Å². The second-order valence-corrected chi connectivity index (χ2v) is 6.40. The van der Waals surface area contributed by atoms with E-state index in [4.69, 9.17) is 23.2 Å². The van der Waals surface area contributed by atoms with Gasteiger partial charge in [-0.1, -0.05) is 47.5 Å². The van der Waals surface area contributed by atoms with Crippen LogP contribution in [0.2, 0.25) is 10.0 Å². The van der Waals surface area contributed by atoms with Gasteiger partial charge in [-0.15, -0.1) is 0 Å². The summed E-state index contributed by atoms with van der Waals surface area (Å²) >= 11 is 11.2. The van der Waals surface area contributed by atoms with Gasteiger partial charge in [0, 0.05) is 15.6 Å². The van der Waals surface area contributed by atoms with Crippen LogP contribution in [0.1, 0.15) is 11.1 Å². The molecule has 0 atom stereocenters. The van der Waals surface area contributed by atoms with E-state index in [2.05, 4.69) is 0 Å². The minimum atomic E-state index is -4.57. The van der Waals surface area contributed by atoms with Crippen LogP contribution in [-0.4, -0.2) is 11.8 Å². The number of hydrogen-bond donors (Lipinski definition) is 0. The fourth-order valence-electron chi connectivity index (χ4n) is 1.94. The van der Waals surface area contributed by atoms with Crippen molar-refractivity contribution in [2.75, 3.05) is 0 Å². The molecule has 1 nitrogen and oxygen atoms in total. The zero-order chi connectivity index (χ0) is 17.0. The summed E-state index contributed by atoms with van der Waals surface area (Å²) in [6.07, 6.45) is 0.205. The van der Waals surface area contributed by atoms with Gasteiger partial charge in [0.05, 0.1) is 4.91 Å². The highest BCUT2D eigenvalue weighted by Crippen LogP contribution is 2.41. The summed E-state index contributed by atoms with van der Waals surface area (Å²) in [4.78, 5) is 10.8. The first kappa shape index (κ1) is 17.9. The van der Waals surface area contributed by atoms with Crippen LogP contribution in [0.4, 0.5) is 13.2 Å². The number of alkyl halides is 3. The summed E-state index contributed by atoms with van der Waals surface area (Å²) in [7, 11) is 0. The molecule has 0 aliphatic rings. The number of carbonyl (C=O) groups excluding carboxylic acids is 1. The zero-order valence-electron chi connectivity index (χ0n) is 11.4. The average molecular weight is 377 g/mol. The second-order valence-electron chi connectivity index (χ2n) is 4.42. The first-order valence-corrected chi connectivity index (χ1v) is 7.84. The minimum absolute atomic E-state index is 0.177. The minimum Gasteiger partial charge on any atom is -0.297 e. The van der Waals surface area contributed by atoms with Crippen molar-refractivity contribution in [2.24, 2.45) is 0 Å². The van der Waals surface area contributed by atoms with Crippen LogP contribution in [0.25, 0.3) is 5.57 Å². The van der Waals surface area contributed by atoms with E-state index in [0.29, 0.717) is 21.2 Å². The third kappa shape index (κ3) is 5.03. The van der Waals surface area contributed by atoms with Gasteiger partial charge in [-0.05, 0) is 47.2 Å². The van der Waals surface area contributed by atoms with Gasteiger partial charge in [0.2, 0.25) is 0 Å². The van der Waals surface area contributed by atoms with Crippen LogP contribution in [-0.2, 0) is 4.79 Å². The summed E-state index contributed by atoms with van der Waals surface area (Å²) < 4.78 is 38.2. The molecule has 120 valence electrons. The number of rotatable bonds is 4. The number of carbonyl (C=O) groups is 1. The number of aldehydes is 1. The molecule has 0 spiro atoms. The first-order valence-electron chi connectivity index (χ1n) is 6.27. The summed E-state index contributed by atoms with van der Waals surface area (Å²) in [6.45, 7) is 0. The molecule has 0 aromatic heterocycles. The maximum atomic E-state index is 12.7. The Morgan fingerprint density at radius 1 is 0.870 bits per heavy atom. The van der Waals surface area contributed by atoms with Crippen molar-refractivity contribution in [2.45, 2.75) is 5.51 Å². The lowest BCUT2D eigenvalue weighted by Crippen LogP contribution is -2.04. The van der Waals surface area contributed by atoms with Crippen molar-refractivity contribution in [1.82, 2.24) is 0 Å². The van der Waals surface area contributed by atoms with Crippen molar-refractivity contribution in [3.8, 4) is 0 Å². The van der Waals surface area contributed by atoms with Gasteiger partial charge < -0.3 is 0 Å². The molecule has 0 radical (unpaired) electrons. The molecule has 23 heavy (non-hydrogen) atoms. The number of thioether (sulfide) groups is 1. The average Bonchev–Trinajstić information content (AvgIpc) is 2.49. The van der Waals surface area contributed by atoms with Gasteiger partial charge in [-0.2, -0.15) is 13.2 Å². The fraction of sp³-hybridized carbons (Fsp3) is 0.0625. The Bertz CT molecular complexity index is 675. The van der Waals surface area contributed by atoms with E-state index < -0.39 is 22.2 Å². The first-order chi connectivity index (χ1) is 10.8. The van der Waals surface area contributed by atoms with Gasteiger partial charge in [-0.25, -0.2) is 0 Å². The van der Waals surface area contributed by atoms with Crippen LogP contribution in [0.5, 0.6) is 0 Å². The highest BCUT2D eigenvalue weighted by molar-refractivity contribution is 8.04. The Kier molecular flexibility index (Phi) is 5.79. The highest BCUT2D eigenvalue weighted by atomic mass is 35.5. The number of hydrogen-bond acceptors (Lipinski definition) is 2. The third-order valence-corrected chi connectivity index (χ3v) is 4.10. The van der Waals surface area contributed by atoms with Crippen molar-refractivity contribution < 1.29 is 18.0 Å². The van der Waals surface area contributed by atoms with E-state index in [0.717, 1.165) is 0 Å². The molecule has 0 N–H and O–H groups in total. The third-order valence-electron chi connectivity index (χ3n) is 2.84. The van der Waals surface area contributed by atoms with Crippen LogP contribution in [0, 0.1) is 0 Å². The Labute approximate surface area is 145 Å². The lowest BCUT2D eigenvalue weighted by molar-refractivity contribution is -0.104. The van der Waals surface area contributed by atoms with Gasteiger partial charge in [0.25, 0.3) is 0 Å². The van der Waals surface area contributed by atoms with Crippen LogP contribution in [0.3, 0.4) is 0 Å². The van der Waals surface area contributed by atoms with Gasteiger partial charge >= 0.3 is 5.51 Å². The van der Waals surface area contributed by atoms with Gasteiger partial charge in [0.15, 0.2) is 6.29 Å². The van der Waals surface area contributed by atoms with Crippen molar-refractivity contribution in [3.05, 3.63) is 74.6 Å². The molecule has 0 amide bonds. The lowest BCUT2D eigenvalue weighted by atomic mass is 9.98. The summed E-state index contributed by atoms with van der Waals surface area (Å²) in [5, 5.41) is 0.890. The lowest BCUT2D eigenvalue weighted by Gasteiger charge is -2.14. The Morgan fingerprint density at radius 3 is 1.57 bits per heavy atom. The van der Waals surface area contributed by atoms with E-state index >= 15 is 0 Å². The molecule has 7 heteroatoms. The number of allylic oxidation sites excluding steroid dienone is 1. The molecule has 0 saturated carbocycles. The fourth-order valence-corrected chi connectivity index (χ4v) is 2.83. The standard InChI is InChI=1S/C16H9Cl2F3OS/c17-12-5-1-10(2-6-12)15(11-3-7-13(18)8-4-11)14(9-22)23-16(19,20)21/h1-9H. The molecule has 0 fully saturated rings. The van der Waals surface area contributed by atoms with Crippen molar-refractivity contribution in [1.29, 1.82) is 0 Å². The highest BCUT2D eigenvalue weighted by Gasteiger charge is 2.32. The summed E-state index contributed by atoms with van der Waals surface area (Å²) in [5.41, 5.74) is -3.48. The van der Waals surface area contributed by atoms with Crippen LogP contribution in [0.15, 0.2) is 53.4 Å². The smallest absolute Gasteiger partial charge is 0.297 e. The normalized spacial score (nSPS) is 11.2. The topological polar surface area (TPSA) is 17.1 Å². The molecular weight excluding hydrogens is 368 g/mol. The summed E-state index contributed by atoms with van der Waals surface area (Å²) in [5.74, 6) is 0. The molecule has 0 saturated heterocycles. The summed E-state index contributed by atoms with van der Waals surface area (Å²) in [6, 6.07) is 12.4. The van der Waals surface area contributed by atoms with E-state index in [-0.39, 0.29) is 11.9 Å². The number of halogens is 5. The van der Waals surface area contributed by atoms with E-state index in [1.54, 1.807) is 48.5 Å². The molecule has 0 unspecified atom stereocenters. The predicted molar refractivity (Wildman–Crippen MR) is 88.6 cm³/mol. The van der Waals surface area contributed by atoms with Gasteiger partial charge in [-0.3, -0.25) is 4.79 Å². The molecule has 0 heterocycles. The predicted octanol–water partition coefficient (Wildman–Crippen LogP) is 6.20.